The Morgan fingerprint density at radius 3 is 2.43 bits per heavy atom. The number of aliphatic hydroxyl groups excluding tert-OH is 2. The van der Waals surface area contributed by atoms with Crippen LogP contribution in [0.4, 0.5) is 0 Å². The second-order valence-electron chi connectivity index (χ2n) is 8.79. The molecule has 0 saturated heterocycles. The van der Waals surface area contributed by atoms with E-state index in [0.717, 1.165) is 0 Å². The van der Waals surface area contributed by atoms with Crippen LogP contribution in [0.25, 0.3) is 5.76 Å². The lowest BCUT2D eigenvalue weighted by molar-refractivity contribution is -0.147. The number of benzene rings is 2. The molecule has 3 unspecified atom stereocenters. The fourth-order valence-corrected chi connectivity index (χ4v) is 6.19. The molecule has 10 heteroatoms. The lowest BCUT2D eigenvalue weighted by atomic mass is 9.59. The number of hydrogen-bond acceptors (Lipinski definition) is 9. The minimum absolute atomic E-state index is 0.00971. The van der Waals surface area contributed by atoms with Gasteiger partial charge in [0, 0.05) is 17.9 Å². The molecule has 3 aliphatic rings. The first-order chi connectivity index (χ1) is 16.6. The minimum Gasteiger partial charge on any atom is -0.507 e. The normalized spacial score (nSPS) is 25.9. The Balaban J connectivity index is 1.63. The fraction of sp³-hybridized carbons (Fsp3) is 0.240. The fourth-order valence-electron chi connectivity index (χ4n) is 5.23. The molecule has 1 saturated carbocycles. The van der Waals surface area contributed by atoms with Crippen molar-refractivity contribution in [2.45, 2.75) is 29.8 Å². The van der Waals surface area contributed by atoms with E-state index in [9.17, 15) is 38.6 Å². The zero-order chi connectivity index (χ0) is 25.1. The minimum atomic E-state index is -4.26. The number of nitrogens with zero attached hydrogens (tertiary/aromatic N) is 1. The Hall–Kier alpha value is -3.94. The van der Waals surface area contributed by atoms with E-state index in [1.165, 1.54) is 36.4 Å². The van der Waals surface area contributed by atoms with Crippen LogP contribution in [0.1, 0.15) is 24.0 Å². The molecule has 0 radical (unpaired) electrons. The third kappa shape index (κ3) is 3.27. The largest absolute Gasteiger partial charge is 0.507 e. The lowest BCUT2D eigenvalue weighted by Gasteiger charge is -2.45. The quantitative estimate of drug-likeness (QED) is 0.545. The Morgan fingerprint density at radius 1 is 1.03 bits per heavy atom. The van der Waals surface area contributed by atoms with E-state index in [1.54, 1.807) is 18.2 Å². The average molecular weight is 493 g/mol. The van der Waals surface area contributed by atoms with Crippen molar-refractivity contribution in [3.05, 3.63) is 76.6 Å². The third-order valence-corrected chi connectivity index (χ3v) is 8.13. The van der Waals surface area contributed by atoms with E-state index in [-0.39, 0.29) is 41.0 Å². The summed E-state index contributed by atoms with van der Waals surface area (Å²) in [5, 5.41) is 42.2. The number of allylic oxidation sites excluding steroid dienone is 1. The predicted molar refractivity (Wildman–Crippen MR) is 120 cm³/mol. The summed E-state index contributed by atoms with van der Waals surface area (Å²) in [4.78, 5) is 25.6. The van der Waals surface area contributed by atoms with E-state index in [1.807, 2.05) is 0 Å². The molecule has 3 aliphatic carbocycles. The van der Waals surface area contributed by atoms with Crippen LogP contribution in [0.5, 0.6) is 5.75 Å². The van der Waals surface area contributed by atoms with Crippen molar-refractivity contribution < 1.29 is 37.5 Å². The number of Topliss-reactive ketones (excluding diaryl/α,β-unsaturated/α-hetero) is 2. The van der Waals surface area contributed by atoms with E-state index in [0.29, 0.717) is 5.56 Å². The molecule has 2 aromatic rings. The number of carbonyl (C=O) groups excluding carboxylic acids is 2. The summed E-state index contributed by atoms with van der Waals surface area (Å²) in [5.41, 5.74) is -2.92. The summed E-state index contributed by atoms with van der Waals surface area (Å²) in [6, 6.07) is 13.5. The maximum Gasteiger partial charge on any atom is 0.339 e. The molecular weight excluding hydrogens is 474 g/mol. The van der Waals surface area contributed by atoms with Gasteiger partial charge in [-0.3, -0.25) is 9.59 Å². The van der Waals surface area contributed by atoms with Crippen LogP contribution in [-0.2, 0) is 26.1 Å². The molecule has 0 amide bonds. The van der Waals surface area contributed by atoms with Gasteiger partial charge in [0.2, 0.25) is 5.78 Å². The first kappa shape index (κ1) is 22.8. The smallest absolute Gasteiger partial charge is 0.339 e. The molecule has 3 N–H and O–H groups in total. The highest BCUT2D eigenvalue weighted by atomic mass is 32.2. The first-order valence-electron chi connectivity index (χ1n) is 10.8. The van der Waals surface area contributed by atoms with Crippen LogP contribution in [0.15, 0.2) is 70.3 Å². The van der Waals surface area contributed by atoms with Gasteiger partial charge in [0.15, 0.2) is 22.9 Å². The number of rotatable bonds is 3. The second-order valence-corrected chi connectivity index (χ2v) is 10.3. The van der Waals surface area contributed by atoms with Gasteiger partial charge in [-0.25, -0.2) is 0 Å². The van der Waals surface area contributed by atoms with E-state index in [4.69, 9.17) is 4.18 Å². The lowest BCUT2D eigenvalue weighted by Crippen LogP contribution is -2.57. The summed E-state index contributed by atoms with van der Waals surface area (Å²) in [5.74, 6) is -5.05. The number of fused-ring (bicyclic) bond motifs is 3. The number of nitriles is 1. The van der Waals surface area contributed by atoms with Crippen LogP contribution in [0, 0.1) is 23.2 Å². The molecule has 3 atom stereocenters. The highest BCUT2D eigenvalue weighted by molar-refractivity contribution is 7.87. The second kappa shape index (κ2) is 7.80. The van der Waals surface area contributed by atoms with Crippen LogP contribution in [0.3, 0.4) is 0 Å². The van der Waals surface area contributed by atoms with E-state index in [2.05, 4.69) is 0 Å². The zero-order valence-corrected chi connectivity index (χ0v) is 18.9. The molecule has 35 heavy (non-hydrogen) atoms. The number of ketones is 2. The van der Waals surface area contributed by atoms with Crippen molar-refractivity contribution in [1.82, 2.24) is 0 Å². The van der Waals surface area contributed by atoms with Crippen LogP contribution in [0.2, 0.25) is 0 Å². The average Bonchev–Trinajstić information content (AvgIpc) is 2.82. The summed E-state index contributed by atoms with van der Waals surface area (Å²) >= 11 is 0. The molecule has 0 aromatic heterocycles. The van der Waals surface area contributed by atoms with Crippen LogP contribution < -0.4 is 4.18 Å². The molecule has 1 fully saturated rings. The van der Waals surface area contributed by atoms with Gasteiger partial charge < -0.3 is 19.5 Å². The third-order valence-electron chi connectivity index (χ3n) is 6.88. The van der Waals surface area contributed by atoms with E-state index >= 15 is 0 Å². The standard InChI is InChI=1S/C25H19NO8S/c26-12-17-18(27)11-15-10-14-9-13-5-4-8-19(34-35(32,33)16-6-2-1-3-7-16)20(13)22(28)21(14)24(30)25(15,31)23(17)29/h1-8,14-15,28-29,31H,9-11H2. The topological polar surface area (TPSA) is 162 Å². The molecular formula is C25H19NO8S. The maximum absolute atomic E-state index is 13.5. The van der Waals surface area contributed by atoms with Gasteiger partial charge in [0.1, 0.15) is 22.3 Å². The van der Waals surface area contributed by atoms with Crippen LogP contribution in [-0.4, -0.2) is 40.9 Å². The summed E-state index contributed by atoms with van der Waals surface area (Å²) in [6.45, 7) is 0. The van der Waals surface area contributed by atoms with Crippen molar-refractivity contribution >= 4 is 27.4 Å². The number of carbonyl (C=O) groups is 2. The van der Waals surface area contributed by atoms with Crippen LogP contribution >= 0.6 is 0 Å². The Labute approximate surface area is 200 Å². The Bertz CT molecular complexity index is 1500. The molecule has 0 heterocycles. The summed E-state index contributed by atoms with van der Waals surface area (Å²) in [7, 11) is -4.26. The van der Waals surface area contributed by atoms with Gasteiger partial charge in [-0.15, -0.1) is 0 Å². The SMILES string of the molecule is N#CC1=C(O)C2(O)C(=O)C3=C(O)c4c(cccc4OS(=O)(=O)c4ccccc4)CC3CC2CC1=O. The van der Waals surface area contributed by atoms with Gasteiger partial charge in [0.25, 0.3) is 0 Å². The molecule has 2 aromatic carbocycles. The highest BCUT2D eigenvalue weighted by Gasteiger charge is 2.59. The molecule has 0 bridgehead atoms. The summed E-state index contributed by atoms with van der Waals surface area (Å²) < 4.78 is 30.9. The van der Waals surface area contributed by atoms with Crippen molar-refractivity contribution in [3.8, 4) is 11.8 Å². The van der Waals surface area contributed by atoms with E-state index < -0.39 is 56.2 Å². The molecule has 9 nitrogen and oxygen atoms in total. The van der Waals surface area contributed by atoms with Gasteiger partial charge >= 0.3 is 10.1 Å². The van der Waals surface area contributed by atoms with Crippen molar-refractivity contribution in [2.75, 3.05) is 0 Å². The molecule has 5 rings (SSSR count). The van der Waals surface area contributed by atoms with Crippen molar-refractivity contribution in [1.29, 1.82) is 5.26 Å². The predicted octanol–water partition coefficient (Wildman–Crippen LogP) is 2.52. The van der Waals surface area contributed by atoms with Crippen molar-refractivity contribution in [3.63, 3.8) is 0 Å². The van der Waals surface area contributed by atoms with Gasteiger partial charge in [0.05, 0.1) is 5.56 Å². The number of hydrogen-bond donors (Lipinski definition) is 3. The van der Waals surface area contributed by atoms with Crippen molar-refractivity contribution in [2.24, 2.45) is 11.8 Å². The highest BCUT2D eigenvalue weighted by Crippen LogP contribution is 2.52. The van der Waals surface area contributed by atoms with Gasteiger partial charge in [-0.05, 0) is 42.5 Å². The zero-order valence-electron chi connectivity index (χ0n) is 18.1. The number of aliphatic hydroxyl groups is 3. The molecule has 0 aliphatic heterocycles. The molecule has 0 spiro atoms. The maximum atomic E-state index is 13.5. The molecule has 178 valence electrons. The monoisotopic (exact) mass is 493 g/mol. The summed E-state index contributed by atoms with van der Waals surface area (Å²) in [6.07, 6.45) is -0.00650. The first-order valence-corrected chi connectivity index (χ1v) is 12.2. The van der Waals surface area contributed by atoms with Gasteiger partial charge in [-0.1, -0.05) is 30.3 Å². The Morgan fingerprint density at radius 2 is 1.74 bits per heavy atom. The Kier molecular flexibility index (Phi) is 5.09. The van der Waals surface area contributed by atoms with Gasteiger partial charge in [-0.2, -0.15) is 13.7 Å².